The highest BCUT2D eigenvalue weighted by Crippen LogP contribution is 2.61. The van der Waals surface area contributed by atoms with Crippen molar-refractivity contribution >= 4 is 72.3 Å². The van der Waals surface area contributed by atoms with Gasteiger partial charge in [-0.15, -0.1) is 0 Å². The van der Waals surface area contributed by atoms with Gasteiger partial charge in [0, 0.05) is 48.6 Å². The van der Waals surface area contributed by atoms with Gasteiger partial charge in [0.2, 0.25) is 0 Å². The first-order chi connectivity index (χ1) is 24.5. The number of rotatable bonds is 8. The first kappa shape index (κ1) is 31.4. The van der Waals surface area contributed by atoms with E-state index < -0.39 is 7.14 Å². The summed E-state index contributed by atoms with van der Waals surface area (Å²) in [7, 11) is -3.32. The highest BCUT2D eigenvalue weighted by atomic mass is 31.2. The Labute approximate surface area is 292 Å². The van der Waals surface area contributed by atoms with Crippen LogP contribution in [0.2, 0.25) is 0 Å². The number of nitrogens with zero attached hydrogens (tertiary/aromatic N) is 2. The van der Waals surface area contributed by atoms with Gasteiger partial charge in [-0.25, -0.2) is 0 Å². The standard InChI is InChI=1S/C46H37N2OP/c1-5-9-20-34(7-3)50(49,35(8-4)21-10-6-2)36-22-17-19-33(29-36)47-43-27-16-14-25-39(43)41-30-40-37-23-12-13-24-38(37)44-28-32-18-11-15-26-42(32)48(44)46(40)31-45(41)47/h5-31H,1,4H2,2-3H3/b10-6-,20-9-,34-7+,35-21+. The number of hydrogen-bond donors (Lipinski definition) is 0. The Kier molecular flexibility index (Phi) is 7.86. The van der Waals surface area contributed by atoms with Crippen LogP contribution in [0.4, 0.5) is 0 Å². The van der Waals surface area contributed by atoms with Crippen LogP contribution >= 0.6 is 7.14 Å². The summed E-state index contributed by atoms with van der Waals surface area (Å²) in [6.45, 7) is 11.8. The molecule has 8 aromatic rings. The smallest absolute Gasteiger partial charge is 0.170 e. The van der Waals surface area contributed by atoms with Crippen molar-refractivity contribution in [2.75, 3.05) is 0 Å². The Morgan fingerprint density at radius 1 is 0.620 bits per heavy atom. The number of benzene rings is 5. The van der Waals surface area contributed by atoms with Crippen LogP contribution in [-0.2, 0) is 4.57 Å². The van der Waals surface area contributed by atoms with Crippen LogP contribution in [-0.4, -0.2) is 8.97 Å². The van der Waals surface area contributed by atoms with Gasteiger partial charge in [-0.1, -0.05) is 135 Å². The van der Waals surface area contributed by atoms with Crippen molar-refractivity contribution in [1.29, 1.82) is 0 Å². The van der Waals surface area contributed by atoms with Gasteiger partial charge in [-0.05, 0) is 61.7 Å². The van der Waals surface area contributed by atoms with Gasteiger partial charge in [-0.2, -0.15) is 0 Å². The van der Waals surface area contributed by atoms with E-state index in [1.165, 1.54) is 43.4 Å². The second-order valence-corrected chi connectivity index (χ2v) is 15.2. The molecule has 242 valence electrons. The minimum Gasteiger partial charge on any atom is -0.309 e. The van der Waals surface area contributed by atoms with Crippen molar-refractivity contribution in [2.45, 2.75) is 13.8 Å². The largest absolute Gasteiger partial charge is 0.309 e. The lowest BCUT2D eigenvalue weighted by atomic mass is 10.0. The Morgan fingerprint density at radius 2 is 1.30 bits per heavy atom. The average Bonchev–Trinajstić information content (AvgIpc) is 3.71. The normalized spacial score (nSPS) is 14.3. The van der Waals surface area contributed by atoms with Gasteiger partial charge in [-0.3, -0.25) is 0 Å². The summed E-state index contributed by atoms with van der Waals surface area (Å²) in [4.78, 5) is 0. The molecule has 1 unspecified atom stereocenters. The zero-order chi connectivity index (χ0) is 34.4. The monoisotopic (exact) mass is 664 g/mol. The Hall–Kier alpha value is -5.89. The molecule has 4 heteroatoms. The molecule has 1 atom stereocenters. The van der Waals surface area contributed by atoms with Gasteiger partial charge in [0.25, 0.3) is 0 Å². The SMILES string of the molecule is C=C/C=C\C(=C/C)P(=O)(/C(C=C)=C/C=C\C)c1cccc(-n2c3ccccc3c3cc4c5ccccc5c5cc6ccccc6n5c4cc32)c1. The van der Waals surface area contributed by atoms with Gasteiger partial charge >= 0.3 is 0 Å². The number of allylic oxidation sites excluding steroid dienone is 10. The molecule has 0 spiro atoms. The van der Waals surface area contributed by atoms with E-state index in [1.807, 2.05) is 62.4 Å². The zero-order valence-electron chi connectivity index (χ0n) is 28.3. The first-order valence-electron chi connectivity index (χ1n) is 16.9. The third-order valence-electron chi connectivity index (χ3n) is 9.78. The van der Waals surface area contributed by atoms with Crippen LogP contribution in [0.3, 0.4) is 0 Å². The minimum absolute atomic E-state index is 0.677. The molecule has 3 nitrogen and oxygen atoms in total. The highest BCUT2D eigenvalue weighted by Gasteiger charge is 2.31. The fourth-order valence-electron chi connectivity index (χ4n) is 7.56. The summed E-state index contributed by atoms with van der Waals surface area (Å²) in [5.41, 5.74) is 6.64. The molecule has 0 aliphatic rings. The molecule has 0 saturated carbocycles. The van der Waals surface area contributed by atoms with Crippen LogP contribution in [0, 0.1) is 0 Å². The fourth-order valence-corrected chi connectivity index (χ4v) is 10.3. The van der Waals surface area contributed by atoms with E-state index in [9.17, 15) is 0 Å². The minimum atomic E-state index is -3.32. The molecule has 0 bridgehead atoms. The van der Waals surface area contributed by atoms with Crippen LogP contribution in [0.5, 0.6) is 0 Å². The zero-order valence-corrected chi connectivity index (χ0v) is 29.1. The van der Waals surface area contributed by atoms with Crippen molar-refractivity contribution in [2.24, 2.45) is 0 Å². The second kappa shape index (κ2) is 12.5. The summed E-state index contributed by atoms with van der Waals surface area (Å²) in [6, 6.07) is 41.1. The molecule has 0 saturated heterocycles. The first-order valence-corrected chi connectivity index (χ1v) is 18.6. The van der Waals surface area contributed by atoms with Crippen molar-refractivity contribution in [1.82, 2.24) is 8.97 Å². The molecule has 5 aromatic carbocycles. The van der Waals surface area contributed by atoms with Gasteiger partial charge < -0.3 is 13.5 Å². The molecule has 0 N–H and O–H groups in total. The van der Waals surface area contributed by atoms with Crippen LogP contribution in [0.15, 0.2) is 188 Å². The van der Waals surface area contributed by atoms with Crippen molar-refractivity contribution in [3.8, 4) is 5.69 Å². The molecule has 3 heterocycles. The Morgan fingerprint density at radius 3 is 2.04 bits per heavy atom. The van der Waals surface area contributed by atoms with Crippen LogP contribution < -0.4 is 5.30 Å². The van der Waals surface area contributed by atoms with E-state index in [0.29, 0.717) is 5.31 Å². The quantitative estimate of drug-likeness (QED) is 0.0902. The Balaban J connectivity index is 1.48. The molecular weight excluding hydrogens is 627 g/mol. The number of aromatic nitrogens is 2. The molecule has 3 aromatic heterocycles. The van der Waals surface area contributed by atoms with Crippen LogP contribution in [0.25, 0.3) is 65.6 Å². The van der Waals surface area contributed by atoms with E-state index in [2.05, 4.69) is 125 Å². The topological polar surface area (TPSA) is 26.4 Å². The molecule has 0 aliphatic heterocycles. The summed E-state index contributed by atoms with van der Waals surface area (Å²) in [6.07, 6.45) is 14.9. The number of para-hydroxylation sites is 2. The average molecular weight is 665 g/mol. The lowest BCUT2D eigenvalue weighted by Crippen LogP contribution is -2.09. The summed E-state index contributed by atoms with van der Waals surface area (Å²) >= 11 is 0. The summed E-state index contributed by atoms with van der Waals surface area (Å²) in [5, 5.41) is 9.37. The highest BCUT2D eigenvalue weighted by molar-refractivity contribution is 7.79. The molecule has 0 radical (unpaired) electrons. The van der Waals surface area contributed by atoms with Gasteiger partial charge in [0.1, 0.15) is 0 Å². The maximum atomic E-state index is 15.5. The number of pyridine rings is 1. The third kappa shape index (κ3) is 4.70. The van der Waals surface area contributed by atoms with Crippen molar-refractivity contribution < 1.29 is 4.57 Å². The van der Waals surface area contributed by atoms with E-state index >= 15 is 4.57 Å². The molecular formula is C46H37N2OP. The van der Waals surface area contributed by atoms with Crippen molar-refractivity contribution in [3.63, 3.8) is 0 Å². The van der Waals surface area contributed by atoms with E-state index in [0.717, 1.165) is 32.9 Å². The lowest BCUT2D eigenvalue weighted by molar-refractivity contribution is 0.589. The maximum Gasteiger partial charge on any atom is 0.170 e. The maximum absolute atomic E-state index is 15.5. The number of hydrogen-bond acceptors (Lipinski definition) is 1. The third-order valence-corrected chi connectivity index (χ3v) is 13.0. The molecule has 0 fully saturated rings. The molecule has 0 amide bonds. The van der Waals surface area contributed by atoms with E-state index in [1.54, 1.807) is 12.2 Å². The number of fused-ring (bicyclic) bond motifs is 11. The van der Waals surface area contributed by atoms with Gasteiger partial charge in [0.05, 0.1) is 27.6 Å². The second-order valence-electron chi connectivity index (χ2n) is 12.5. The van der Waals surface area contributed by atoms with Gasteiger partial charge in [0.15, 0.2) is 7.14 Å². The summed E-state index contributed by atoms with van der Waals surface area (Å²) < 4.78 is 20.3. The molecule has 8 rings (SSSR count). The van der Waals surface area contributed by atoms with E-state index in [-0.39, 0.29) is 0 Å². The predicted octanol–water partition coefficient (Wildman–Crippen LogP) is 12.8. The molecule has 50 heavy (non-hydrogen) atoms. The predicted molar refractivity (Wildman–Crippen MR) is 218 cm³/mol. The fraction of sp³-hybridized carbons (Fsp3) is 0.0435. The van der Waals surface area contributed by atoms with Crippen LogP contribution in [0.1, 0.15) is 13.8 Å². The molecule has 0 aliphatic carbocycles. The summed E-state index contributed by atoms with van der Waals surface area (Å²) in [5.74, 6) is 0. The van der Waals surface area contributed by atoms with Crippen molar-refractivity contribution in [3.05, 3.63) is 188 Å². The van der Waals surface area contributed by atoms with E-state index in [4.69, 9.17) is 0 Å². The lowest BCUT2D eigenvalue weighted by Gasteiger charge is -2.22. The Bertz CT molecular complexity index is 2850.